The van der Waals surface area contributed by atoms with Crippen LogP contribution in [0, 0.1) is 17.2 Å². The van der Waals surface area contributed by atoms with Gasteiger partial charge in [0.05, 0.1) is 21.6 Å². The maximum Gasteiger partial charge on any atom is 0.244 e. The molecule has 0 aliphatic heterocycles. The molecular weight excluding hydrogens is 336 g/mol. The van der Waals surface area contributed by atoms with Crippen molar-refractivity contribution in [1.82, 2.24) is 4.31 Å². The molecular formula is C15H20N2O4S2. The highest BCUT2D eigenvalue weighted by Gasteiger charge is 2.49. The van der Waals surface area contributed by atoms with Gasteiger partial charge in [-0.2, -0.15) is 9.57 Å². The van der Waals surface area contributed by atoms with Gasteiger partial charge in [0.2, 0.25) is 10.0 Å². The second kappa shape index (κ2) is 5.89. The van der Waals surface area contributed by atoms with Crippen molar-refractivity contribution in [3.05, 3.63) is 24.3 Å². The Balaban J connectivity index is 2.39. The zero-order valence-electron chi connectivity index (χ0n) is 13.4. The summed E-state index contributed by atoms with van der Waals surface area (Å²) < 4.78 is 50.1. The fourth-order valence-corrected chi connectivity index (χ4v) is 4.83. The highest BCUT2D eigenvalue weighted by Crippen LogP contribution is 2.43. The molecule has 1 aromatic rings. The van der Waals surface area contributed by atoms with Gasteiger partial charge in [-0.15, -0.1) is 0 Å². The van der Waals surface area contributed by atoms with Gasteiger partial charge >= 0.3 is 0 Å². The summed E-state index contributed by atoms with van der Waals surface area (Å²) in [6.07, 6.45) is 1.66. The summed E-state index contributed by atoms with van der Waals surface area (Å²) in [7, 11) is -5.85. The fraction of sp³-hybridized carbons (Fsp3) is 0.533. The third kappa shape index (κ3) is 3.13. The summed E-state index contributed by atoms with van der Waals surface area (Å²) in [5.41, 5.74) is -1.09. The van der Waals surface area contributed by atoms with E-state index in [-0.39, 0.29) is 21.5 Å². The summed E-state index contributed by atoms with van der Waals surface area (Å²) in [4.78, 5) is 0.0732. The SMILES string of the molecule is CCS(=O)(=O)c1ccc(S(=O)(=O)N(C)[C@](C)(C#N)C2CC2)cc1. The first-order valence-corrected chi connectivity index (χ1v) is 10.4. The van der Waals surface area contributed by atoms with E-state index in [0.29, 0.717) is 0 Å². The van der Waals surface area contributed by atoms with Crippen LogP contribution in [0.5, 0.6) is 0 Å². The largest absolute Gasteiger partial charge is 0.244 e. The Morgan fingerprint density at radius 1 is 1.17 bits per heavy atom. The lowest BCUT2D eigenvalue weighted by Crippen LogP contribution is -2.47. The number of nitriles is 1. The van der Waals surface area contributed by atoms with E-state index in [1.165, 1.54) is 38.2 Å². The third-order valence-corrected chi connectivity index (χ3v) is 8.19. The number of hydrogen-bond acceptors (Lipinski definition) is 5. The zero-order chi connectivity index (χ0) is 17.5. The van der Waals surface area contributed by atoms with Crippen LogP contribution in [-0.4, -0.2) is 39.5 Å². The van der Waals surface area contributed by atoms with Crippen molar-refractivity contribution >= 4 is 19.9 Å². The molecule has 0 spiro atoms. The zero-order valence-corrected chi connectivity index (χ0v) is 15.0. The van der Waals surface area contributed by atoms with Gasteiger partial charge in [0.1, 0.15) is 5.54 Å². The van der Waals surface area contributed by atoms with Gasteiger partial charge in [-0.3, -0.25) is 0 Å². The molecule has 0 aromatic heterocycles. The summed E-state index contributed by atoms with van der Waals surface area (Å²) in [6.45, 7) is 3.15. The van der Waals surface area contributed by atoms with E-state index in [0.717, 1.165) is 17.1 Å². The Labute approximate surface area is 137 Å². The van der Waals surface area contributed by atoms with Crippen molar-refractivity contribution in [2.75, 3.05) is 12.8 Å². The van der Waals surface area contributed by atoms with Gasteiger partial charge in [-0.1, -0.05) is 6.92 Å². The molecule has 0 radical (unpaired) electrons. The minimum Gasteiger partial charge on any atom is -0.224 e. The molecule has 0 N–H and O–H groups in total. The summed E-state index contributed by atoms with van der Waals surface area (Å²) in [6, 6.07) is 7.25. The maximum atomic E-state index is 12.7. The van der Waals surface area contributed by atoms with Gasteiger partial charge in [-0.05, 0) is 49.9 Å². The quantitative estimate of drug-likeness (QED) is 0.774. The molecule has 2 rings (SSSR count). The maximum absolute atomic E-state index is 12.7. The van der Waals surface area contributed by atoms with Gasteiger partial charge in [0, 0.05) is 7.05 Å². The van der Waals surface area contributed by atoms with Gasteiger partial charge in [0.25, 0.3) is 0 Å². The Morgan fingerprint density at radius 3 is 2.04 bits per heavy atom. The van der Waals surface area contributed by atoms with Crippen LogP contribution >= 0.6 is 0 Å². The lowest BCUT2D eigenvalue weighted by molar-refractivity contribution is 0.276. The minimum absolute atomic E-state index is 0.0165. The molecule has 126 valence electrons. The highest BCUT2D eigenvalue weighted by molar-refractivity contribution is 7.91. The smallest absolute Gasteiger partial charge is 0.224 e. The number of sulfonamides is 1. The molecule has 1 aliphatic carbocycles. The van der Waals surface area contributed by atoms with Gasteiger partial charge in [-0.25, -0.2) is 16.8 Å². The third-order valence-electron chi connectivity index (χ3n) is 4.47. The van der Waals surface area contributed by atoms with Crippen LogP contribution < -0.4 is 0 Å². The second-order valence-electron chi connectivity index (χ2n) is 5.88. The molecule has 0 saturated heterocycles. The number of sulfone groups is 1. The van der Waals surface area contributed by atoms with Crippen molar-refractivity contribution in [2.45, 2.75) is 42.0 Å². The normalized spacial score (nSPS) is 18.4. The van der Waals surface area contributed by atoms with Crippen molar-refractivity contribution in [1.29, 1.82) is 5.26 Å². The standard InChI is InChI=1S/C15H20N2O4S2/c1-4-22(18,19)13-7-9-14(10-8-13)23(20,21)17(3)15(2,11-16)12-5-6-12/h7-10,12H,4-6H2,1-3H3/t15-/m1/s1. The lowest BCUT2D eigenvalue weighted by atomic mass is 9.99. The van der Waals surface area contributed by atoms with Crippen LogP contribution in [0.3, 0.4) is 0 Å². The van der Waals surface area contributed by atoms with E-state index in [4.69, 9.17) is 0 Å². The molecule has 1 aliphatic rings. The first-order chi connectivity index (χ1) is 10.6. The topological polar surface area (TPSA) is 95.3 Å². The molecule has 0 bridgehead atoms. The number of hydrogen-bond donors (Lipinski definition) is 0. The molecule has 1 saturated carbocycles. The molecule has 1 fully saturated rings. The van der Waals surface area contributed by atoms with Crippen LogP contribution in [0.25, 0.3) is 0 Å². The van der Waals surface area contributed by atoms with Crippen LogP contribution in [0.4, 0.5) is 0 Å². The van der Waals surface area contributed by atoms with E-state index >= 15 is 0 Å². The fourth-order valence-electron chi connectivity index (χ4n) is 2.46. The van der Waals surface area contributed by atoms with Gasteiger partial charge < -0.3 is 0 Å². The van der Waals surface area contributed by atoms with Crippen LogP contribution in [0.2, 0.25) is 0 Å². The van der Waals surface area contributed by atoms with E-state index < -0.39 is 25.4 Å². The molecule has 1 aromatic carbocycles. The molecule has 8 heteroatoms. The van der Waals surface area contributed by atoms with E-state index in [1.54, 1.807) is 6.92 Å². The Morgan fingerprint density at radius 2 is 1.65 bits per heavy atom. The second-order valence-corrected chi connectivity index (χ2v) is 10.1. The van der Waals surface area contributed by atoms with Crippen LogP contribution in [0.1, 0.15) is 26.7 Å². The predicted molar refractivity (Wildman–Crippen MR) is 85.9 cm³/mol. The van der Waals surface area contributed by atoms with Crippen molar-refractivity contribution in [2.24, 2.45) is 5.92 Å². The Bertz CT molecular complexity index is 834. The lowest BCUT2D eigenvalue weighted by Gasteiger charge is -2.32. The van der Waals surface area contributed by atoms with E-state index in [1.807, 2.05) is 0 Å². The monoisotopic (exact) mass is 356 g/mol. The molecule has 1 atom stereocenters. The van der Waals surface area contributed by atoms with E-state index in [2.05, 4.69) is 6.07 Å². The summed E-state index contributed by atoms with van der Waals surface area (Å²) in [5, 5.41) is 9.42. The molecule has 6 nitrogen and oxygen atoms in total. The first kappa shape index (κ1) is 17.9. The van der Waals surface area contributed by atoms with Crippen LogP contribution in [-0.2, 0) is 19.9 Å². The molecule has 0 unspecified atom stereocenters. The molecule has 0 amide bonds. The number of benzene rings is 1. The minimum atomic E-state index is -3.87. The average molecular weight is 356 g/mol. The summed E-state index contributed by atoms with van der Waals surface area (Å²) in [5.74, 6) is -0.0142. The number of nitrogens with zero attached hydrogens (tertiary/aromatic N) is 2. The Hall–Kier alpha value is -1.43. The van der Waals surface area contributed by atoms with Crippen molar-refractivity contribution in [3.63, 3.8) is 0 Å². The molecule has 23 heavy (non-hydrogen) atoms. The van der Waals surface area contributed by atoms with Crippen molar-refractivity contribution in [3.8, 4) is 6.07 Å². The highest BCUT2D eigenvalue weighted by atomic mass is 32.2. The van der Waals surface area contributed by atoms with Crippen molar-refractivity contribution < 1.29 is 16.8 Å². The predicted octanol–water partition coefficient (Wildman–Crippen LogP) is 1.79. The van der Waals surface area contributed by atoms with Crippen LogP contribution in [0.15, 0.2) is 34.1 Å². The van der Waals surface area contributed by atoms with E-state index in [9.17, 15) is 22.1 Å². The van der Waals surface area contributed by atoms with Gasteiger partial charge in [0.15, 0.2) is 9.84 Å². The average Bonchev–Trinajstić information content (AvgIpc) is 3.38. The first-order valence-electron chi connectivity index (χ1n) is 7.32. The Kier molecular flexibility index (Phi) is 4.59. The number of rotatable bonds is 6. The molecule has 0 heterocycles. The summed E-state index contributed by atoms with van der Waals surface area (Å²) >= 11 is 0.